The number of hydrogen-bond donors (Lipinski definition) is 0. The van der Waals surface area contributed by atoms with E-state index in [1.165, 1.54) is 0 Å². The van der Waals surface area contributed by atoms with Crippen molar-refractivity contribution in [2.24, 2.45) is 0 Å². The monoisotopic (exact) mass is 362 g/mol. The highest BCUT2D eigenvalue weighted by Crippen LogP contribution is 2.23. The van der Waals surface area contributed by atoms with Crippen molar-refractivity contribution in [3.63, 3.8) is 0 Å². The zero-order chi connectivity index (χ0) is 18.1. The summed E-state index contributed by atoms with van der Waals surface area (Å²) < 4.78 is 1.74. The predicted molar refractivity (Wildman–Crippen MR) is 103 cm³/mol. The van der Waals surface area contributed by atoms with Crippen molar-refractivity contribution in [2.45, 2.75) is 6.04 Å². The number of piperazine rings is 1. The number of pyridine rings is 1. The van der Waals surface area contributed by atoms with Crippen molar-refractivity contribution in [1.82, 2.24) is 29.6 Å². The summed E-state index contributed by atoms with van der Waals surface area (Å²) in [5.74, 6) is 2.76. The third kappa shape index (κ3) is 3.23. The second-order valence-corrected chi connectivity index (χ2v) is 6.96. The number of nitrogens with zero attached hydrogens (tertiary/aromatic N) is 8. The third-order valence-corrected chi connectivity index (χ3v) is 5.34. The first-order valence-corrected chi connectivity index (χ1v) is 9.34. The highest BCUT2D eigenvalue weighted by Gasteiger charge is 2.34. The molecule has 3 aromatic rings. The molecule has 0 aliphatic carbocycles. The van der Waals surface area contributed by atoms with Gasteiger partial charge in [-0.1, -0.05) is 6.07 Å². The lowest BCUT2D eigenvalue weighted by Crippen LogP contribution is -2.63. The number of hydrogen-bond acceptors (Lipinski definition) is 7. The summed E-state index contributed by atoms with van der Waals surface area (Å²) in [7, 11) is 0. The molecule has 5 heterocycles. The standard InChI is InChI=1S/C19H22N8/c1-2-5-21-17(4-1)25-10-8-24(9-11-25)16-14-26(15-16)18-12-20-13-19(23-18)27-7-3-6-22-27/h1-7,12-13,16H,8-11,14-15H2. The molecule has 0 unspecified atom stereocenters. The van der Waals surface area contributed by atoms with E-state index in [-0.39, 0.29) is 0 Å². The van der Waals surface area contributed by atoms with Crippen LogP contribution in [0.5, 0.6) is 0 Å². The Kier molecular flexibility index (Phi) is 4.17. The molecular weight excluding hydrogens is 340 g/mol. The smallest absolute Gasteiger partial charge is 0.173 e. The molecule has 0 aromatic carbocycles. The Morgan fingerprint density at radius 1 is 0.815 bits per heavy atom. The Morgan fingerprint density at radius 3 is 2.41 bits per heavy atom. The number of anilines is 2. The first-order chi connectivity index (χ1) is 13.4. The normalized spacial score (nSPS) is 18.5. The molecule has 0 spiro atoms. The van der Waals surface area contributed by atoms with Crippen molar-refractivity contribution < 1.29 is 0 Å². The van der Waals surface area contributed by atoms with E-state index in [0.29, 0.717) is 6.04 Å². The molecule has 0 bridgehead atoms. The maximum atomic E-state index is 4.70. The van der Waals surface area contributed by atoms with Crippen molar-refractivity contribution in [1.29, 1.82) is 0 Å². The Hall–Kier alpha value is -3.00. The van der Waals surface area contributed by atoms with Crippen LogP contribution in [0.15, 0.2) is 55.2 Å². The van der Waals surface area contributed by atoms with Gasteiger partial charge in [-0.3, -0.25) is 9.88 Å². The van der Waals surface area contributed by atoms with Crippen LogP contribution >= 0.6 is 0 Å². The average molecular weight is 362 g/mol. The first kappa shape index (κ1) is 16.2. The van der Waals surface area contributed by atoms with Crippen molar-refractivity contribution in [2.75, 3.05) is 49.1 Å². The Morgan fingerprint density at radius 2 is 1.67 bits per heavy atom. The van der Waals surface area contributed by atoms with E-state index in [2.05, 4.69) is 41.9 Å². The van der Waals surface area contributed by atoms with Gasteiger partial charge in [-0.2, -0.15) is 5.10 Å². The van der Waals surface area contributed by atoms with Crippen LogP contribution in [0.4, 0.5) is 11.6 Å². The van der Waals surface area contributed by atoms with E-state index >= 15 is 0 Å². The second kappa shape index (κ2) is 6.96. The van der Waals surface area contributed by atoms with Gasteiger partial charge in [-0.05, 0) is 18.2 Å². The molecule has 2 aliphatic rings. The van der Waals surface area contributed by atoms with Crippen LogP contribution in [0.1, 0.15) is 0 Å². The van der Waals surface area contributed by atoms with Gasteiger partial charge in [0.05, 0.1) is 12.4 Å². The van der Waals surface area contributed by atoms with E-state index in [9.17, 15) is 0 Å². The molecule has 27 heavy (non-hydrogen) atoms. The second-order valence-electron chi connectivity index (χ2n) is 6.96. The van der Waals surface area contributed by atoms with E-state index in [4.69, 9.17) is 4.98 Å². The Bertz CT molecular complexity index is 868. The molecule has 5 rings (SSSR count). The molecule has 2 fully saturated rings. The average Bonchev–Trinajstić information content (AvgIpc) is 3.23. The molecule has 0 amide bonds. The van der Waals surface area contributed by atoms with E-state index in [1.807, 2.05) is 30.7 Å². The van der Waals surface area contributed by atoms with Crippen LogP contribution < -0.4 is 9.80 Å². The molecule has 0 saturated carbocycles. The van der Waals surface area contributed by atoms with Crippen LogP contribution in [-0.4, -0.2) is 74.9 Å². The highest BCUT2D eigenvalue weighted by atomic mass is 15.4. The fourth-order valence-corrected chi connectivity index (χ4v) is 3.74. The molecule has 0 radical (unpaired) electrons. The van der Waals surface area contributed by atoms with Gasteiger partial charge in [0.1, 0.15) is 11.6 Å². The molecular formula is C19H22N8. The summed E-state index contributed by atoms with van der Waals surface area (Å²) >= 11 is 0. The Balaban J connectivity index is 1.17. The molecule has 0 atom stereocenters. The molecule has 2 aliphatic heterocycles. The lowest BCUT2D eigenvalue weighted by molar-refractivity contribution is 0.156. The third-order valence-electron chi connectivity index (χ3n) is 5.34. The van der Waals surface area contributed by atoms with Crippen molar-refractivity contribution in [3.05, 3.63) is 55.2 Å². The number of aromatic nitrogens is 5. The van der Waals surface area contributed by atoms with E-state index < -0.39 is 0 Å². The number of rotatable bonds is 4. The summed E-state index contributed by atoms with van der Waals surface area (Å²) in [4.78, 5) is 20.7. The first-order valence-electron chi connectivity index (χ1n) is 9.34. The van der Waals surface area contributed by atoms with Crippen molar-refractivity contribution >= 4 is 11.6 Å². The minimum atomic E-state index is 0.589. The molecule has 8 heteroatoms. The SMILES string of the molecule is c1ccc(N2CCN(C3CN(c4cncc(-n5cccn5)n4)C3)CC2)nc1. The topological polar surface area (TPSA) is 66.2 Å². The lowest BCUT2D eigenvalue weighted by atomic mass is 10.1. The van der Waals surface area contributed by atoms with Crippen LogP contribution in [0.25, 0.3) is 5.82 Å². The van der Waals surface area contributed by atoms with Gasteiger partial charge >= 0.3 is 0 Å². The zero-order valence-electron chi connectivity index (χ0n) is 15.1. The minimum Gasteiger partial charge on any atom is -0.354 e. The van der Waals surface area contributed by atoms with Crippen LogP contribution in [0, 0.1) is 0 Å². The van der Waals surface area contributed by atoms with Crippen LogP contribution in [-0.2, 0) is 0 Å². The molecule has 2 saturated heterocycles. The van der Waals surface area contributed by atoms with Gasteiger partial charge in [-0.15, -0.1) is 0 Å². The molecule has 8 nitrogen and oxygen atoms in total. The minimum absolute atomic E-state index is 0.589. The molecule has 0 N–H and O–H groups in total. The lowest BCUT2D eigenvalue weighted by Gasteiger charge is -2.48. The quantitative estimate of drug-likeness (QED) is 0.688. The summed E-state index contributed by atoms with van der Waals surface area (Å²) in [5, 5.41) is 4.23. The Labute approximate surface area is 158 Å². The van der Waals surface area contributed by atoms with Crippen LogP contribution in [0.2, 0.25) is 0 Å². The summed E-state index contributed by atoms with van der Waals surface area (Å²) in [6.07, 6.45) is 9.07. The maximum Gasteiger partial charge on any atom is 0.173 e. The van der Waals surface area contributed by atoms with Gasteiger partial charge < -0.3 is 9.80 Å². The van der Waals surface area contributed by atoms with E-state index in [1.54, 1.807) is 17.1 Å². The summed E-state index contributed by atoms with van der Waals surface area (Å²) in [6, 6.07) is 8.58. The van der Waals surface area contributed by atoms with Gasteiger partial charge in [0, 0.05) is 63.9 Å². The van der Waals surface area contributed by atoms with Gasteiger partial charge in [0.25, 0.3) is 0 Å². The van der Waals surface area contributed by atoms with Gasteiger partial charge in [0.2, 0.25) is 0 Å². The largest absolute Gasteiger partial charge is 0.354 e. The fraction of sp³-hybridized carbons (Fsp3) is 0.368. The maximum absolute atomic E-state index is 4.70. The van der Waals surface area contributed by atoms with Gasteiger partial charge in [-0.25, -0.2) is 14.6 Å². The summed E-state index contributed by atoms with van der Waals surface area (Å²) in [6.45, 7) is 6.22. The van der Waals surface area contributed by atoms with Crippen LogP contribution in [0.3, 0.4) is 0 Å². The van der Waals surface area contributed by atoms with E-state index in [0.717, 1.165) is 56.7 Å². The highest BCUT2D eigenvalue weighted by molar-refractivity contribution is 5.43. The molecule has 3 aromatic heterocycles. The fourth-order valence-electron chi connectivity index (χ4n) is 3.74. The van der Waals surface area contributed by atoms with Crippen molar-refractivity contribution in [3.8, 4) is 5.82 Å². The summed E-state index contributed by atoms with van der Waals surface area (Å²) in [5.41, 5.74) is 0. The van der Waals surface area contributed by atoms with Gasteiger partial charge in [0.15, 0.2) is 5.82 Å². The predicted octanol–water partition coefficient (Wildman–Crippen LogP) is 1.07. The zero-order valence-corrected chi connectivity index (χ0v) is 15.1. The molecule has 138 valence electrons.